The van der Waals surface area contributed by atoms with Crippen LogP contribution in [0.3, 0.4) is 0 Å². The molecule has 1 N–H and O–H groups in total. The molecule has 2 saturated heterocycles. The summed E-state index contributed by atoms with van der Waals surface area (Å²) in [7, 11) is 0. The first-order valence-corrected chi connectivity index (χ1v) is 15.0. The summed E-state index contributed by atoms with van der Waals surface area (Å²) in [5.41, 5.74) is 4.85. The van der Waals surface area contributed by atoms with Crippen molar-refractivity contribution in [1.29, 1.82) is 0 Å². The highest BCUT2D eigenvalue weighted by atomic mass is 35.5. The summed E-state index contributed by atoms with van der Waals surface area (Å²) in [6.07, 6.45) is 8.40. The number of carboxylic acids is 1. The first-order chi connectivity index (χ1) is 20.4. The number of aromatic nitrogens is 3. The Kier molecular flexibility index (Phi) is 7.40. The molecular formula is C32H30Cl2N4O4. The van der Waals surface area contributed by atoms with Crippen molar-refractivity contribution in [3.8, 4) is 5.75 Å². The first kappa shape index (κ1) is 27.4. The Bertz CT molecular complexity index is 1690. The molecule has 2 fully saturated rings. The van der Waals surface area contributed by atoms with E-state index in [0.717, 1.165) is 67.1 Å². The number of piperidine rings is 1. The normalized spacial score (nSPS) is 20.7. The lowest BCUT2D eigenvalue weighted by atomic mass is 9.87. The number of ether oxygens (including phenoxy) is 2. The Labute approximate surface area is 253 Å². The van der Waals surface area contributed by atoms with Crippen molar-refractivity contribution >= 4 is 46.3 Å². The van der Waals surface area contributed by atoms with E-state index in [1.54, 1.807) is 30.5 Å². The second kappa shape index (κ2) is 11.3. The number of carboxylic acid groups (broad SMARTS) is 1. The largest absolute Gasteiger partial charge is 0.479 e. The summed E-state index contributed by atoms with van der Waals surface area (Å²) in [6.45, 7) is 3.99. The third kappa shape index (κ3) is 5.28. The zero-order valence-corrected chi connectivity index (χ0v) is 24.4. The number of likely N-dealkylation sites (tertiary alicyclic amines) is 1. The second-order valence-corrected chi connectivity index (χ2v) is 12.0. The lowest BCUT2D eigenvalue weighted by Gasteiger charge is -2.34. The van der Waals surface area contributed by atoms with Crippen LogP contribution in [0.25, 0.3) is 17.1 Å². The van der Waals surface area contributed by atoms with Gasteiger partial charge in [-0.25, -0.2) is 9.78 Å². The van der Waals surface area contributed by atoms with Gasteiger partial charge in [0.15, 0.2) is 6.10 Å². The Morgan fingerprint density at radius 2 is 1.93 bits per heavy atom. The fourth-order valence-electron chi connectivity index (χ4n) is 6.17. The molecule has 0 aliphatic carbocycles. The zero-order valence-electron chi connectivity index (χ0n) is 22.9. The lowest BCUT2D eigenvalue weighted by molar-refractivity contribution is -0.0592. The van der Waals surface area contributed by atoms with E-state index in [0.29, 0.717) is 34.7 Å². The van der Waals surface area contributed by atoms with Gasteiger partial charge in [-0.15, -0.1) is 0 Å². The number of rotatable bonds is 7. The van der Waals surface area contributed by atoms with E-state index in [1.165, 1.54) is 5.56 Å². The number of benzene rings is 2. The molecule has 10 heteroatoms. The molecule has 0 unspecified atom stereocenters. The molecule has 0 amide bonds. The van der Waals surface area contributed by atoms with Crippen molar-refractivity contribution in [3.63, 3.8) is 0 Å². The van der Waals surface area contributed by atoms with Crippen molar-refractivity contribution in [2.24, 2.45) is 0 Å². The van der Waals surface area contributed by atoms with Gasteiger partial charge < -0.3 is 19.1 Å². The summed E-state index contributed by atoms with van der Waals surface area (Å²) < 4.78 is 14.4. The third-order valence-electron chi connectivity index (χ3n) is 8.52. The van der Waals surface area contributed by atoms with Crippen LogP contribution in [0, 0.1) is 0 Å². The Balaban J connectivity index is 1.08. The summed E-state index contributed by atoms with van der Waals surface area (Å²) >= 11 is 12.5. The molecular weight excluding hydrogens is 575 g/mol. The van der Waals surface area contributed by atoms with Gasteiger partial charge in [0, 0.05) is 18.4 Å². The maximum absolute atomic E-state index is 11.6. The van der Waals surface area contributed by atoms with Gasteiger partial charge >= 0.3 is 5.97 Å². The minimum Gasteiger partial charge on any atom is -0.479 e. The van der Waals surface area contributed by atoms with Gasteiger partial charge in [-0.1, -0.05) is 47.5 Å². The Hall–Kier alpha value is -3.43. The number of fused-ring (bicyclic) bond motifs is 2. The monoisotopic (exact) mass is 604 g/mol. The van der Waals surface area contributed by atoms with Crippen molar-refractivity contribution in [3.05, 3.63) is 93.0 Å². The number of pyridine rings is 1. The molecule has 5 heterocycles. The predicted octanol–water partition coefficient (Wildman–Crippen LogP) is 6.75. The van der Waals surface area contributed by atoms with Gasteiger partial charge in [-0.2, -0.15) is 0 Å². The zero-order chi connectivity index (χ0) is 28.8. The summed E-state index contributed by atoms with van der Waals surface area (Å²) in [5, 5.41) is 10.5. The quantitative estimate of drug-likeness (QED) is 0.249. The fraction of sp³-hybridized carbons (Fsp3) is 0.344. The molecule has 4 aromatic rings. The van der Waals surface area contributed by atoms with Crippen molar-refractivity contribution in [1.82, 2.24) is 19.4 Å². The molecule has 0 bridgehead atoms. The van der Waals surface area contributed by atoms with E-state index in [4.69, 9.17) is 37.7 Å². The highest BCUT2D eigenvalue weighted by Crippen LogP contribution is 2.42. The summed E-state index contributed by atoms with van der Waals surface area (Å²) in [6, 6.07) is 13.2. The average molecular weight is 606 g/mol. The Morgan fingerprint density at radius 1 is 1.10 bits per heavy atom. The van der Waals surface area contributed by atoms with Crippen LogP contribution in [0.5, 0.6) is 5.75 Å². The second-order valence-electron chi connectivity index (χ2n) is 11.2. The molecule has 3 aliphatic rings. The van der Waals surface area contributed by atoms with E-state index in [1.807, 2.05) is 6.08 Å². The molecule has 2 aromatic heterocycles. The SMILES string of the molecule is O=C(O)c1ccc2nc(CN3CCC(c4cccc5c4O[C@@H](c4ncc(Cl)cc4Cl)C=C5)CC3)n(C[C@@H]3CCO3)c2c1. The van der Waals surface area contributed by atoms with Crippen molar-refractivity contribution in [2.45, 2.75) is 50.5 Å². The van der Waals surface area contributed by atoms with Gasteiger partial charge in [0.2, 0.25) is 0 Å². The van der Waals surface area contributed by atoms with Gasteiger partial charge in [-0.3, -0.25) is 9.88 Å². The fourth-order valence-corrected chi connectivity index (χ4v) is 6.65. The van der Waals surface area contributed by atoms with Gasteiger partial charge in [0.05, 0.1) is 45.8 Å². The average Bonchev–Trinajstić information content (AvgIpc) is 3.30. The molecule has 2 aromatic carbocycles. The number of nitrogens with zero attached hydrogens (tertiary/aromatic N) is 4. The molecule has 42 heavy (non-hydrogen) atoms. The number of hydrogen-bond acceptors (Lipinski definition) is 6. The van der Waals surface area contributed by atoms with Crippen LogP contribution in [-0.4, -0.2) is 56.3 Å². The lowest BCUT2D eigenvalue weighted by Crippen LogP contribution is -2.35. The number of aromatic carboxylic acids is 1. The van der Waals surface area contributed by atoms with E-state index >= 15 is 0 Å². The number of halogens is 2. The maximum atomic E-state index is 11.6. The molecule has 0 saturated carbocycles. The topological polar surface area (TPSA) is 89.7 Å². The van der Waals surface area contributed by atoms with Gasteiger partial charge in [0.25, 0.3) is 0 Å². The standard InChI is InChI=1S/C32H30Cl2N4O4/c33-22-15-25(34)30(35-16-22)28-7-5-20-2-1-3-24(31(20)42-28)19-8-11-37(12-9-19)18-29-36-26-6-4-21(32(39)40)14-27(26)38(29)17-23-10-13-41-23/h1-7,14-16,19,23,28H,8-13,17-18H2,(H,39,40)/t23-,28+/m0/s1. The van der Waals surface area contributed by atoms with E-state index in [9.17, 15) is 9.90 Å². The van der Waals surface area contributed by atoms with Gasteiger partial charge in [0.1, 0.15) is 17.3 Å². The Morgan fingerprint density at radius 3 is 2.67 bits per heavy atom. The molecule has 0 spiro atoms. The highest BCUT2D eigenvalue weighted by Gasteiger charge is 2.29. The van der Waals surface area contributed by atoms with Crippen LogP contribution < -0.4 is 4.74 Å². The van der Waals surface area contributed by atoms with E-state index in [2.05, 4.69) is 38.7 Å². The minimum absolute atomic E-state index is 0.139. The van der Waals surface area contributed by atoms with Crippen LogP contribution in [0.15, 0.2) is 54.7 Å². The van der Waals surface area contributed by atoms with E-state index in [-0.39, 0.29) is 17.8 Å². The number of imidazole rings is 1. The highest BCUT2D eigenvalue weighted by molar-refractivity contribution is 6.34. The van der Waals surface area contributed by atoms with Crippen LogP contribution in [0.2, 0.25) is 10.0 Å². The van der Waals surface area contributed by atoms with Crippen LogP contribution in [0.4, 0.5) is 0 Å². The number of para-hydroxylation sites is 1. The summed E-state index contributed by atoms with van der Waals surface area (Å²) in [5.74, 6) is 1.27. The molecule has 7 rings (SSSR count). The first-order valence-electron chi connectivity index (χ1n) is 14.3. The van der Waals surface area contributed by atoms with E-state index < -0.39 is 5.97 Å². The number of hydrogen-bond donors (Lipinski definition) is 1. The molecule has 2 atom stereocenters. The minimum atomic E-state index is -0.936. The van der Waals surface area contributed by atoms with Gasteiger partial charge in [-0.05, 0) is 74.2 Å². The van der Waals surface area contributed by atoms with Crippen LogP contribution in [-0.2, 0) is 17.8 Å². The van der Waals surface area contributed by atoms with Crippen molar-refractivity contribution < 1.29 is 19.4 Å². The maximum Gasteiger partial charge on any atom is 0.335 e. The third-order valence-corrected chi connectivity index (χ3v) is 9.03. The molecule has 216 valence electrons. The predicted molar refractivity (Wildman–Crippen MR) is 161 cm³/mol. The number of carbonyl (C=O) groups is 1. The van der Waals surface area contributed by atoms with Crippen molar-refractivity contribution in [2.75, 3.05) is 19.7 Å². The smallest absolute Gasteiger partial charge is 0.335 e. The molecule has 0 radical (unpaired) electrons. The molecule has 3 aliphatic heterocycles. The summed E-state index contributed by atoms with van der Waals surface area (Å²) in [4.78, 5) is 23.4. The van der Waals surface area contributed by atoms with Crippen LogP contribution >= 0.6 is 23.2 Å². The molecule has 8 nitrogen and oxygen atoms in total. The van der Waals surface area contributed by atoms with Crippen LogP contribution in [0.1, 0.15) is 64.3 Å².